The molecule has 0 aromatic heterocycles. The van der Waals surface area contributed by atoms with Crippen molar-refractivity contribution in [3.8, 4) is 0 Å². The quantitative estimate of drug-likeness (QED) is 0.314. The molecule has 0 fully saturated rings. The van der Waals surface area contributed by atoms with Crippen molar-refractivity contribution in [1.29, 1.82) is 0 Å². The van der Waals surface area contributed by atoms with E-state index in [1.54, 1.807) is 6.92 Å². The zero-order chi connectivity index (χ0) is 21.0. The van der Waals surface area contributed by atoms with Crippen LogP contribution in [0.4, 0.5) is 0 Å². The van der Waals surface area contributed by atoms with Crippen molar-refractivity contribution in [3.05, 3.63) is 24.3 Å². The number of hydrogen-bond donors (Lipinski definition) is 4. The Labute approximate surface area is 154 Å². The molecule has 0 radical (unpaired) electrons. The molecule has 0 aliphatic heterocycles. The van der Waals surface area contributed by atoms with Gasteiger partial charge in [0.25, 0.3) is 0 Å². The Morgan fingerprint density at radius 3 is 1.38 bits per heavy atom. The maximum atomic E-state index is 11.0. The lowest BCUT2D eigenvalue weighted by Gasteiger charge is -2.26. The Bertz CT molecular complexity index is 469. The number of carbonyl (C=O) groups is 2. The standard InChI is InChI=1S/C9H16O5.C9H16O3/c1-7(2)8(13)14-6-9(3-10,4-11)5-12;1-7(2)8(11)12-6-9(3,4)5-10/h10-12H,1,3-6H2,2H3;10H,1,5-6H2,2-4H3. The molecule has 0 bridgehead atoms. The smallest absolute Gasteiger partial charge is 0.333 e. The molecule has 0 aromatic rings. The van der Waals surface area contributed by atoms with Gasteiger partial charge in [-0.05, 0) is 13.8 Å². The van der Waals surface area contributed by atoms with Crippen LogP contribution in [-0.4, -0.2) is 72.0 Å². The number of aliphatic hydroxyl groups excluding tert-OH is 4. The van der Waals surface area contributed by atoms with Crippen LogP contribution >= 0.6 is 0 Å². The third kappa shape index (κ3) is 11.0. The molecule has 0 rings (SSSR count). The molecule has 0 heterocycles. The molecule has 26 heavy (non-hydrogen) atoms. The Morgan fingerprint density at radius 2 is 1.12 bits per heavy atom. The van der Waals surface area contributed by atoms with E-state index >= 15 is 0 Å². The van der Waals surface area contributed by atoms with Crippen LogP contribution in [0.2, 0.25) is 0 Å². The molecule has 0 saturated carbocycles. The van der Waals surface area contributed by atoms with Crippen molar-refractivity contribution in [1.82, 2.24) is 0 Å². The predicted molar refractivity (Wildman–Crippen MR) is 96.1 cm³/mol. The Balaban J connectivity index is 0. The van der Waals surface area contributed by atoms with Gasteiger partial charge in [0.15, 0.2) is 0 Å². The topological polar surface area (TPSA) is 134 Å². The summed E-state index contributed by atoms with van der Waals surface area (Å²) in [6.45, 7) is 12.1. The van der Waals surface area contributed by atoms with Crippen LogP contribution in [0.15, 0.2) is 24.3 Å². The third-order valence-electron chi connectivity index (χ3n) is 3.23. The molecule has 0 unspecified atom stereocenters. The normalized spacial score (nSPS) is 11.1. The van der Waals surface area contributed by atoms with Crippen molar-refractivity contribution >= 4 is 11.9 Å². The lowest BCUT2D eigenvalue weighted by molar-refractivity contribution is -0.146. The van der Waals surface area contributed by atoms with E-state index in [-0.39, 0.29) is 30.8 Å². The first-order chi connectivity index (χ1) is 11.9. The number of esters is 2. The first kappa shape index (κ1) is 26.5. The summed E-state index contributed by atoms with van der Waals surface area (Å²) in [7, 11) is 0. The van der Waals surface area contributed by atoms with Gasteiger partial charge in [-0.3, -0.25) is 0 Å². The maximum absolute atomic E-state index is 11.0. The molecular weight excluding hydrogens is 344 g/mol. The number of carbonyl (C=O) groups excluding carboxylic acids is 2. The van der Waals surface area contributed by atoms with Gasteiger partial charge in [0.05, 0.1) is 38.4 Å². The average molecular weight is 376 g/mol. The van der Waals surface area contributed by atoms with Gasteiger partial charge in [-0.1, -0.05) is 27.0 Å². The SMILES string of the molecule is C=C(C)C(=O)OCC(C)(C)CO.C=C(C)C(=O)OCC(CO)(CO)CO. The predicted octanol–water partition coefficient (Wildman–Crippen LogP) is 0.193. The number of hydrogen-bond acceptors (Lipinski definition) is 8. The van der Waals surface area contributed by atoms with Gasteiger partial charge in [0, 0.05) is 16.6 Å². The summed E-state index contributed by atoms with van der Waals surface area (Å²) < 4.78 is 9.58. The van der Waals surface area contributed by atoms with E-state index in [1.807, 2.05) is 13.8 Å². The van der Waals surface area contributed by atoms with Crippen molar-refractivity contribution < 1.29 is 39.5 Å². The summed E-state index contributed by atoms with van der Waals surface area (Å²) in [6.07, 6.45) is 0. The van der Waals surface area contributed by atoms with Crippen LogP contribution in [0.3, 0.4) is 0 Å². The first-order valence-corrected chi connectivity index (χ1v) is 7.99. The highest BCUT2D eigenvalue weighted by atomic mass is 16.5. The van der Waals surface area contributed by atoms with E-state index in [0.29, 0.717) is 5.57 Å². The van der Waals surface area contributed by atoms with Gasteiger partial charge in [-0.15, -0.1) is 0 Å². The molecule has 0 aliphatic carbocycles. The molecule has 0 aromatic carbocycles. The Morgan fingerprint density at radius 1 is 0.769 bits per heavy atom. The highest BCUT2D eigenvalue weighted by molar-refractivity contribution is 5.87. The van der Waals surface area contributed by atoms with Crippen LogP contribution < -0.4 is 0 Å². The molecule has 152 valence electrons. The molecule has 4 N–H and O–H groups in total. The van der Waals surface area contributed by atoms with Gasteiger partial charge in [-0.25, -0.2) is 9.59 Å². The number of ether oxygens (including phenoxy) is 2. The molecule has 8 heteroatoms. The summed E-state index contributed by atoms with van der Waals surface area (Å²) in [5, 5.41) is 35.5. The van der Waals surface area contributed by atoms with E-state index in [4.69, 9.17) is 29.9 Å². The zero-order valence-corrected chi connectivity index (χ0v) is 16.1. The summed E-state index contributed by atoms with van der Waals surface area (Å²) in [4.78, 5) is 21.9. The van der Waals surface area contributed by atoms with Crippen molar-refractivity contribution in [3.63, 3.8) is 0 Å². The summed E-state index contributed by atoms with van der Waals surface area (Å²) >= 11 is 0. The fourth-order valence-corrected chi connectivity index (χ4v) is 1.06. The fourth-order valence-electron chi connectivity index (χ4n) is 1.06. The van der Waals surface area contributed by atoms with E-state index in [2.05, 4.69) is 13.2 Å². The molecule has 8 nitrogen and oxygen atoms in total. The van der Waals surface area contributed by atoms with Crippen LogP contribution in [0.5, 0.6) is 0 Å². The monoisotopic (exact) mass is 376 g/mol. The first-order valence-electron chi connectivity index (χ1n) is 7.99. The second kappa shape index (κ2) is 12.6. The highest BCUT2D eigenvalue weighted by Gasteiger charge is 2.30. The lowest BCUT2D eigenvalue weighted by Crippen LogP contribution is -2.39. The lowest BCUT2D eigenvalue weighted by atomic mass is 9.93. The van der Waals surface area contributed by atoms with Crippen molar-refractivity contribution in [2.75, 3.05) is 39.6 Å². The van der Waals surface area contributed by atoms with Gasteiger partial charge in [-0.2, -0.15) is 0 Å². The van der Waals surface area contributed by atoms with Crippen molar-refractivity contribution in [2.45, 2.75) is 27.7 Å². The minimum absolute atomic E-state index is 0.00350. The van der Waals surface area contributed by atoms with Crippen LogP contribution in [0.25, 0.3) is 0 Å². The van der Waals surface area contributed by atoms with Gasteiger partial charge < -0.3 is 29.9 Å². The van der Waals surface area contributed by atoms with Crippen LogP contribution in [-0.2, 0) is 19.1 Å². The highest BCUT2D eigenvalue weighted by Crippen LogP contribution is 2.16. The van der Waals surface area contributed by atoms with E-state index < -0.39 is 37.2 Å². The summed E-state index contributed by atoms with van der Waals surface area (Å²) in [5.41, 5.74) is -0.938. The number of aliphatic hydroxyl groups is 4. The van der Waals surface area contributed by atoms with Crippen molar-refractivity contribution in [2.24, 2.45) is 10.8 Å². The molecule has 0 spiro atoms. The minimum atomic E-state index is -1.18. The minimum Gasteiger partial charge on any atom is -0.462 e. The average Bonchev–Trinajstić information content (AvgIpc) is 2.61. The van der Waals surface area contributed by atoms with Crippen LogP contribution in [0, 0.1) is 10.8 Å². The number of rotatable bonds is 10. The van der Waals surface area contributed by atoms with E-state index in [9.17, 15) is 9.59 Å². The second-order valence-electron chi connectivity index (χ2n) is 7.01. The van der Waals surface area contributed by atoms with E-state index in [1.165, 1.54) is 6.92 Å². The Kier molecular flexibility index (Phi) is 12.8. The molecule has 0 atom stereocenters. The molecule has 0 amide bonds. The van der Waals surface area contributed by atoms with Gasteiger partial charge in [0.2, 0.25) is 0 Å². The van der Waals surface area contributed by atoms with Crippen LogP contribution in [0.1, 0.15) is 27.7 Å². The van der Waals surface area contributed by atoms with Gasteiger partial charge >= 0.3 is 11.9 Å². The molecular formula is C18H32O8. The fraction of sp³-hybridized carbons (Fsp3) is 0.667. The summed E-state index contributed by atoms with van der Waals surface area (Å²) in [6, 6.07) is 0. The van der Waals surface area contributed by atoms with E-state index in [0.717, 1.165) is 0 Å². The maximum Gasteiger partial charge on any atom is 0.333 e. The van der Waals surface area contributed by atoms with Gasteiger partial charge in [0.1, 0.15) is 6.61 Å². The second-order valence-corrected chi connectivity index (χ2v) is 7.01. The third-order valence-corrected chi connectivity index (χ3v) is 3.23. The Hall–Kier alpha value is -1.74. The molecule has 0 aliphatic rings. The zero-order valence-electron chi connectivity index (χ0n) is 16.1. The summed E-state index contributed by atoms with van der Waals surface area (Å²) in [5.74, 6) is -1.01. The molecule has 0 saturated heterocycles. The largest absolute Gasteiger partial charge is 0.462 e.